The molecule has 2 saturated heterocycles. The second-order valence-electron chi connectivity index (χ2n) is 6.43. The first-order chi connectivity index (χ1) is 10.4. The number of likely N-dealkylation sites (N-methyl/N-ethyl adjacent to an activating group) is 1. The molecule has 2 aliphatic heterocycles. The molecule has 7 heteroatoms. The average Bonchev–Trinajstić information content (AvgIpc) is 3.08. The molecule has 122 valence electrons. The summed E-state index contributed by atoms with van der Waals surface area (Å²) < 4.78 is 30.9. The van der Waals surface area contributed by atoms with Gasteiger partial charge in [0.15, 0.2) is 0 Å². The normalized spacial score (nSPS) is 29.7. The van der Waals surface area contributed by atoms with Crippen molar-refractivity contribution in [3.63, 3.8) is 0 Å². The Labute approximate surface area is 132 Å². The van der Waals surface area contributed by atoms with Crippen molar-refractivity contribution in [2.45, 2.75) is 31.0 Å². The van der Waals surface area contributed by atoms with Gasteiger partial charge < -0.3 is 4.74 Å². The molecular formula is C15H23N3O3S. The molecule has 3 rings (SSSR count). The Morgan fingerprint density at radius 1 is 1.50 bits per heavy atom. The summed E-state index contributed by atoms with van der Waals surface area (Å²) in [5.41, 5.74) is 0.738. The van der Waals surface area contributed by atoms with Crippen LogP contribution in [0.1, 0.15) is 18.5 Å². The standard InChI is InChI=1S/C15H23N3O3S/c1-17(10-13-5-3-4-7-16-13)14-9-15(21-11-14)6-8-18(12-15)22(2,19)20/h3-5,7,14H,6,8-12H2,1-2H3. The molecule has 0 aromatic carbocycles. The van der Waals surface area contributed by atoms with Crippen molar-refractivity contribution in [1.82, 2.24) is 14.2 Å². The molecule has 2 fully saturated rings. The third kappa shape index (κ3) is 3.32. The maximum Gasteiger partial charge on any atom is 0.211 e. The topological polar surface area (TPSA) is 62.7 Å². The van der Waals surface area contributed by atoms with E-state index in [9.17, 15) is 8.42 Å². The first-order valence-electron chi connectivity index (χ1n) is 7.57. The minimum absolute atomic E-state index is 0.299. The third-order valence-electron chi connectivity index (χ3n) is 4.70. The van der Waals surface area contributed by atoms with E-state index in [1.807, 2.05) is 18.2 Å². The van der Waals surface area contributed by atoms with Crippen molar-refractivity contribution in [3.05, 3.63) is 30.1 Å². The van der Waals surface area contributed by atoms with E-state index in [1.165, 1.54) is 10.6 Å². The molecule has 1 aromatic heterocycles. The van der Waals surface area contributed by atoms with Gasteiger partial charge in [-0.1, -0.05) is 6.07 Å². The summed E-state index contributed by atoms with van der Waals surface area (Å²) in [5, 5.41) is 0. The molecule has 22 heavy (non-hydrogen) atoms. The highest BCUT2D eigenvalue weighted by atomic mass is 32.2. The van der Waals surface area contributed by atoms with Gasteiger partial charge in [-0.25, -0.2) is 8.42 Å². The van der Waals surface area contributed by atoms with E-state index < -0.39 is 10.0 Å². The molecule has 2 aliphatic rings. The van der Waals surface area contributed by atoms with Crippen molar-refractivity contribution in [2.24, 2.45) is 0 Å². The van der Waals surface area contributed by atoms with Gasteiger partial charge in [0.1, 0.15) is 0 Å². The van der Waals surface area contributed by atoms with Gasteiger partial charge in [-0.2, -0.15) is 4.31 Å². The van der Waals surface area contributed by atoms with Crippen molar-refractivity contribution in [3.8, 4) is 0 Å². The van der Waals surface area contributed by atoms with Crippen molar-refractivity contribution < 1.29 is 13.2 Å². The van der Waals surface area contributed by atoms with E-state index in [4.69, 9.17) is 4.74 Å². The van der Waals surface area contributed by atoms with E-state index in [0.29, 0.717) is 25.7 Å². The van der Waals surface area contributed by atoms with Crippen LogP contribution in [-0.2, 0) is 21.3 Å². The molecule has 3 heterocycles. The SMILES string of the molecule is CN(Cc1ccccn1)C1COC2(CCN(S(C)(=O)=O)C2)C1. The largest absolute Gasteiger partial charge is 0.372 e. The van der Waals surface area contributed by atoms with E-state index in [-0.39, 0.29) is 5.60 Å². The number of rotatable bonds is 4. The molecule has 2 unspecified atom stereocenters. The zero-order chi connectivity index (χ0) is 15.8. The summed E-state index contributed by atoms with van der Waals surface area (Å²) in [5.74, 6) is 0. The van der Waals surface area contributed by atoms with Crippen LogP contribution >= 0.6 is 0 Å². The molecule has 0 saturated carbocycles. The molecule has 1 aromatic rings. The zero-order valence-corrected chi connectivity index (χ0v) is 13.9. The van der Waals surface area contributed by atoms with Gasteiger partial charge in [0, 0.05) is 31.9 Å². The molecule has 1 spiro atoms. The smallest absolute Gasteiger partial charge is 0.211 e. The van der Waals surface area contributed by atoms with Gasteiger partial charge in [0.2, 0.25) is 10.0 Å². The highest BCUT2D eigenvalue weighted by molar-refractivity contribution is 7.88. The Morgan fingerprint density at radius 2 is 2.32 bits per heavy atom. The molecular weight excluding hydrogens is 302 g/mol. The van der Waals surface area contributed by atoms with Crippen LogP contribution < -0.4 is 0 Å². The summed E-state index contributed by atoms with van der Waals surface area (Å²) in [6, 6.07) is 6.23. The quantitative estimate of drug-likeness (QED) is 0.816. The zero-order valence-electron chi connectivity index (χ0n) is 13.1. The van der Waals surface area contributed by atoms with Crippen LogP contribution in [0.5, 0.6) is 0 Å². The van der Waals surface area contributed by atoms with Crippen molar-refractivity contribution in [1.29, 1.82) is 0 Å². The van der Waals surface area contributed by atoms with E-state index in [1.54, 1.807) is 6.20 Å². The monoisotopic (exact) mass is 325 g/mol. The minimum atomic E-state index is -3.12. The lowest BCUT2D eigenvalue weighted by Crippen LogP contribution is -2.37. The van der Waals surface area contributed by atoms with Gasteiger partial charge in [-0.3, -0.25) is 9.88 Å². The van der Waals surface area contributed by atoms with Crippen LogP contribution in [0.2, 0.25) is 0 Å². The Morgan fingerprint density at radius 3 is 2.95 bits per heavy atom. The van der Waals surface area contributed by atoms with Gasteiger partial charge in [-0.15, -0.1) is 0 Å². The highest BCUT2D eigenvalue weighted by Crippen LogP contribution is 2.37. The number of hydrogen-bond acceptors (Lipinski definition) is 5. The maximum absolute atomic E-state index is 11.7. The molecule has 0 bridgehead atoms. The molecule has 0 aliphatic carbocycles. The lowest BCUT2D eigenvalue weighted by molar-refractivity contribution is 0.0153. The fourth-order valence-electron chi connectivity index (χ4n) is 3.36. The molecule has 6 nitrogen and oxygen atoms in total. The minimum Gasteiger partial charge on any atom is -0.372 e. The lowest BCUT2D eigenvalue weighted by Gasteiger charge is -2.25. The van der Waals surface area contributed by atoms with E-state index in [2.05, 4.69) is 16.9 Å². The van der Waals surface area contributed by atoms with Crippen molar-refractivity contribution >= 4 is 10.0 Å². The third-order valence-corrected chi connectivity index (χ3v) is 5.95. The van der Waals surface area contributed by atoms with Crippen molar-refractivity contribution in [2.75, 3.05) is 33.0 Å². The molecule has 0 amide bonds. The Kier molecular flexibility index (Phi) is 4.24. The summed E-state index contributed by atoms with van der Waals surface area (Å²) >= 11 is 0. The predicted molar refractivity (Wildman–Crippen MR) is 83.8 cm³/mol. The first-order valence-corrected chi connectivity index (χ1v) is 9.42. The van der Waals surface area contributed by atoms with E-state index in [0.717, 1.165) is 25.1 Å². The summed E-state index contributed by atoms with van der Waals surface area (Å²) in [7, 11) is -1.05. The fraction of sp³-hybridized carbons (Fsp3) is 0.667. The second kappa shape index (κ2) is 5.88. The number of nitrogens with zero attached hydrogens (tertiary/aromatic N) is 3. The summed E-state index contributed by atoms with van der Waals surface area (Å²) in [4.78, 5) is 6.60. The highest BCUT2D eigenvalue weighted by Gasteiger charge is 2.48. The van der Waals surface area contributed by atoms with Crippen LogP contribution in [0.15, 0.2) is 24.4 Å². The number of hydrogen-bond donors (Lipinski definition) is 0. The maximum atomic E-state index is 11.7. The molecule has 0 radical (unpaired) electrons. The summed E-state index contributed by atoms with van der Waals surface area (Å²) in [6.07, 6.45) is 4.73. The van der Waals surface area contributed by atoms with Crippen LogP contribution in [-0.4, -0.2) is 67.2 Å². The molecule has 0 N–H and O–H groups in total. The number of aromatic nitrogens is 1. The Bertz CT molecular complexity index is 622. The van der Waals surface area contributed by atoms with Crippen LogP contribution in [0.4, 0.5) is 0 Å². The predicted octanol–water partition coefficient (Wildman–Crippen LogP) is 0.706. The van der Waals surface area contributed by atoms with Crippen LogP contribution in [0, 0.1) is 0 Å². The van der Waals surface area contributed by atoms with Gasteiger partial charge in [0.25, 0.3) is 0 Å². The van der Waals surface area contributed by atoms with Gasteiger partial charge in [-0.05, 0) is 32.0 Å². The lowest BCUT2D eigenvalue weighted by atomic mass is 9.96. The number of ether oxygens (including phenoxy) is 1. The first kappa shape index (κ1) is 15.9. The number of pyridine rings is 1. The summed E-state index contributed by atoms with van der Waals surface area (Å²) in [6.45, 7) is 2.48. The molecule has 2 atom stereocenters. The Balaban J connectivity index is 1.61. The van der Waals surface area contributed by atoms with Crippen LogP contribution in [0.3, 0.4) is 0 Å². The second-order valence-corrected chi connectivity index (χ2v) is 8.42. The average molecular weight is 325 g/mol. The van der Waals surface area contributed by atoms with Gasteiger partial charge in [0.05, 0.1) is 24.2 Å². The van der Waals surface area contributed by atoms with Gasteiger partial charge >= 0.3 is 0 Å². The van der Waals surface area contributed by atoms with E-state index >= 15 is 0 Å². The van der Waals surface area contributed by atoms with Crippen LogP contribution in [0.25, 0.3) is 0 Å². The fourth-order valence-corrected chi connectivity index (χ4v) is 4.25. The Hall–Kier alpha value is -1.02. The number of sulfonamides is 1.